The molecule has 0 heterocycles. The van der Waals surface area contributed by atoms with Crippen LogP contribution in [0.3, 0.4) is 0 Å². The van der Waals surface area contributed by atoms with Crippen molar-refractivity contribution in [1.82, 2.24) is 0 Å². The molecule has 0 bridgehead atoms. The van der Waals surface area contributed by atoms with E-state index in [0.29, 0.717) is 23.7 Å². The van der Waals surface area contributed by atoms with Gasteiger partial charge >= 0.3 is 0 Å². The number of aryl methyl sites for hydroxylation is 1. The van der Waals surface area contributed by atoms with Crippen molar-refractivity contribution in [3.8, 4) is 5.75 Å². The molecule has 0 aliphatic carbocycles. The number of nitrogens with one attached hydrogen (secondary N) is 1. The van der Waals surface area contributed by atoms with E-state index in [9.17, 15) is 13.2 Å². The van der Waals surface area contributed by atoms with Gasteiger partial charge in [-0.2, -0.15) is 0 Å². The molecule has 0 fully saturated rings. The number of ether oxygens (including phenoxy) is 1. The minimum atomic E-state index is -3.99. The number of sulfonamides is 1. The van der Waals surface area contributed by atoms with Crippen molar-refractivity contribution in [1.29, 1.82) is 0 Å². The van der Waals surface area contributed by atoms with Gasteiger partial charge in [0, 0.05) is 5.69 Å². The molecule has 0 saturated heterocycles. The predicted molar refractivity (Wildman–Crippen MR) is 136 cm³/mol. The van der Waals surface area contributed by atoms with Gasteiger partial charge in [0.25, 0.3) is 10.0 Å². The van der Waals surface area contributed by atoms with Gasteiger partial charge in [-0.3, -0.25) is 9.10 Å². The molecule has 7 heteroatoms. The highest BCUT2D eigenvalue weighted by Gasteiger charge is 2.27. The number of fused-ring (bicyclic) bond motifs is 1. The Hall–Kier alpha value is -3.84. The van der Waals surface area contributed by atoms with Crippen LogP contribution in [0.1, 0.15) is 12.5 Å². The molecule has 0 atom stereocenters. The first-order valence-electron chi connectivity index (χ1n) is 11.0. The van der Waals surface area contributed by atoms with Crippen LogP contribution in [0.25, 0.3) is 10.8 Å². The van der Waals surface area contributed by atoms with Gasteiger partial charge in [0.15, 0.2) is 0 Å². The second-order valence-electron chi connectivity index (χ2n) is 7.86. The Bertz CT molecular complexity index is 1400. The van der Waals surface area contributed by atoms with Crippen LogP contribution in [0.5, 0.6) is 5.75 Å². The topological polar surface area (TPSA) is 75.7 Å². The van der Waals surface area contributed by atoms with Crippen LogP contribution < -0.4 is 14.4 Å². The molecule has 4 aromatic carbocycles. The van der Waals surface area contributed by atoms with E-state index in [0.717, 1.165) is 20.6 Å². The summed E-state index contributed by atoms with van der Waals surface area (Å²) in [5.74, 6) is 0.180. The highest BCUT2D eigenvalue weighted by atomic mass is 32.2. The largest absolute Gasteiger partial charge is 0.494 e. The third-order valence-corrected chi connectivity index (χ3v) is 7.15. The first-order chi connectivity index (χ1) is 16.4. The maximum absolute atomic E-state index is 13.5. The maximum Gasteiger partial charge on any atom is 0.264 e. The van der Waals surface area contributed by atoms with Crippen molar-refractivity contribution in [2.45, 2.75) is 18.7 Å². The lowest BCUT2D eigenvalue weighted by atomic mass is 10.1. The van der Waals surface area contributed by atoms with Gasteiger partial charge in [-0.1, -0.05) is 48.0 Å². The summed E-state index contributed by atoms with van der Waals surface area (Å²) in [6, 6.07) is 26.6. The first-order valence-corrected chi connectivity index (χ1v) is 12.4. The third kappa shape index (κ3) is 5.21. The number of hydrogen-bond donors (Lipinski definition) is 1. The van der Waals surface area contributed by atoms with E-state index in [-0.39, 0.29) is 11.4 Å². The molecule has 6 nitrogen and oxygen atoms in total. The fourth-order valence-electron chi connectivity index (χ4n) is 3.63. The van der Waals surface area contributed by atoms with E-state index < -0.39 is 15.9 Å². The van der Waals surface area contributed by atoms with Gasteiger partial charge in [0.1, 0.15) is 12.3 Å². The number of benzene rings is 4. The van der Waals surface area contributed by atoms with Crippen LogP contribution in [0.2, 0.25) is 0 Å². The lowest BCUT2D eigenvalue weighted by molar-refractivity contribution is -0.114. The quantitative estimate of drug-likeness (QED) is 0.372. The monoisotopic (exact) mass is 474 g/mol. The zero-order valence-electron chi connectivity index (χ0n) is 19.1. The van der Waals surface area contributed by atoms with Crippen molar-refractivity contribution >= 4 is 38.1 Å². The van der Waals surface area contributed by atoms with Crippen LogP contribution in [-0.4, -0.2) is 27.5 Å². The van der Waals surface area contributed by atoms with E-state index in [2.05, 4.69) is 5.32 Å². The fourth-order valence-corrected chi connectivity index (χ4v) is 5.05. The molecular formula is C27H26N2O4S. The van der Waals surface area contributed by atoms with Crippen LogP contribution >= 0.6 is 0 Å². The Labute approximate surface area is 199 Å². The van der Waals surface area contributed by atoms with Crippen LogP contribution in [-0.2, 0) is 14.8 Å². The average molecular weight is 475 g/mol. The molecule has 0 radical (unpaired) electrons. The summed E-state index contributed by atoms with van der Waals surface area (Å²) in [7, 11) is -3.99. The van der Waals surface area contributed by atoms with Gasteiger partial charge in [-0.05, 0) is 73.2 Å². The summed E-state index contributed by atoms with van der Waals surface area (Å²) < 4.78 is 33.7. The summed E-state index contributed by atoms with van der Waals surface area (Å²) in [6.45, 7) is 3.88. The second-order valence-corrected chi connectivity index (χ2v) is 9.72. The standard InChI is InChI=1S/C27H26N2O4S/c1-3-33-25-14-12-24(13-15-25)29(34(31,32)26-16-8-20(2)9-17-26)19-27(30)28-23-11-10-21-6-4-5-7-22(21)18-23/h4-18H,3,19H2,1-2H3,(H,28,30). The Morgan fingerprint density at radius 2 is 1.56 bits per heavy atom. The lowest BCUT2D eigenvalue weighted by Crippen LogP contribution is -2.38. The molecule has 0 aromatic heterocycles. The van der Waals surface area contributed by atoms with Gasteiger partial charge in [0.2, 0.25) is 5.91 Å². The van der Waals surface area contributed by atoms with Gasteiger partial charge in [-0.15, -0.1) is 0 Å². The van der Waals surface area contributed by atoms with Gasteiger partial charge in [-0.25, -0.2) is 8.42 Å². The molecule has 34 heavy (non-hydrogen) atoms. The van der Waals surface area contributed by atoms with Crippen molar-refractivity contribution in [2.24, 2.45) is 0 Å². The molecule has 1 N–H and O–H groups in total. The predicted octanol–water partition coefficient (Wildman–Crippen LogP) is 5.38. The van der Waals surface area contributed by atoms with Crippen LogP contribution in [0.15, 0.2) is 95.9 Å². The molecule has 174 valence electrons. The maximum atomic E-state index is 13.5. The van der Waals surface area contributed by atoms with Crippen molar-refractivity contribution < 1.29 is 17.9 Å². The van der Waals surface area contributed by atoms with Gasteiger partial charge in [0.05, 0.1) is 17.2 Å². The molecule has 0 aliphatic heterocycles. The summed E-state index contributed by atoms with van der Waals surface area (Å²) in [5.41, 5.74) is 1.92. The molecule has 0 unspecified atom stereocenters. The number of rotatable bonds is 8. The van der Waals surface area contributed by atoms with E-state index in [1.54, 1.807) is 54.6 Å². The van der Waals surface area contributed by atoms with Crippen molar-refractivity contribution in [3.05, 3.63) is 96.6 Å². The van der Waals surface area contributed by atoms with E-state index >= 15 is 0 Å². The average Bonchev–Trinajstić information content (AvgIpc) is 2.83. The first kappa shape index (κ1) is 23.3. The van der Waals surface area contributed by atoms with Gasteiger partial charge < -0.3 is 10.1 Å². The van der Waals surface area contributed by atoms with Crippen LogP contribution in [0.4, 0.5) is 11.4 Å². The SMILES string of the molecule is CCOc1ccc(N(CC(=O)Nc2ccc3ccccc3c2)S(=O)(=O)c2ccc(C)cc2)cc1. The molecule has 0 spiro atoms. The van der Waals surface area contributed by atoms with E-state index in [4.69, 9.17) is 4.74 Å². The summed E-state index contributed by atoms with van der Waals surface area (Å²) in [4.78, 5) is 13.1. The molecule has 4 rings (SSSR count). The summed E-state index contributed by atoms with van der Waals surface area (Å²) in [6.07, 6.45) is 0. The normalized spacial score (nSPS) is 11.2. The Morgan fingerprint density at radius 3 is 2.24 bits per heavy atom. The highest BCUT2D eigenvalue weighted by molar-refractivity contribution is 7.92. The Balaban J connectivity index is 1.63. The summed E-state index contributed by atoms with van der Waals surface area (Å²) in [5, 5.41) is 4.87. The lowest BCUT2D eigenvalue weighted by Gasteiger charge is -2.24. The van der Waals surface area contributed by atoms with Crippen molar-refractivity contribution in [2.75, 3.05) is 22.8 Å². The summed E-state index contributed by atoms with van der Waals surface area (Å²) >= 11 is 0. The zero-order valence-corrected chi connectivity index (χ0v) is 19.9. The van der Waals surface area contributed by atoms with Crippen LogP contribution in [0, 0.1) is 6.92 Å². The molecular weight excluding hydrogens is 448 g/mol. The minimum Gasteiger partial charge on any atom is -0.494 e. The number of amides is 1. The smallest absolute Gasteiger partial charge is 0.264 e. The highest BCUT2D eigenvalue weighted by Crippen LogP contribution is 2.26. The minimum absolute atomic E-state index is 0.116. The molecule has 4 aromatic rings. The Morgan fingerprint density at radius 1 is 0.882 bits per heavy atom. The molecule has 0 saturated carbocycles. The molecule has 0 aliphatic rings. The molecule has 1 amide bonds. The van der Waals surface area contributed by atoms with Crippen molar-refractivity contribution in [3.63, 3.8) is 0 Å². The third-order valence-electron chi connectivity index (χ3n) is 5.37. The van der Waals surface area contributed by atoms with E-state index in [1.165, 1.54) is 0 Å². The van der Waals surface area contributed by atoms with E-state index in [1.807, 2.05) is 50.2 Å². The fraction of sp³-hybridized carbons (Fsp3) is 0.148. The number of hydrogen-bond acceptors (Lipinski definition) is 4. The number of carbonyl (C=O) groups is 1. The number of carbonyl (C=O) groups excluding carboxylic acids is 1. The second kappa shape index (κ2) is 9.97. The number of anilines is 2. The Kier molecular flexibility index (Phi) is 6.84. The number of nitrogens with zero attached hydrogens (tertiary/aromatic N) is 1. The zero-order chi connectivity index (χ0) is 24.1.